The number of benzene rings is 1. The van der Waals surface area contributed by atoms with E-state index in [0.29, 0.717) is 37.7 Å². The molecule has 9 nitrogen and oxygen atoms in total. The molecule has 1 aromatic carbocycles. The van der Waals surface area contributed by atoms with Gasteiger partial charge in [-0.2, -0.15) is 5.10 Å². The third-order valence-corrected chi connectivity index (χ3v) is 4.35. The summed E-state index contributed by atoms with van der Waals surface area (Å²) in [4.78, 5) is 26.3. The lowest BCUT2D eigenvalue weighted by Gasteiger charge is -2.30. The third kappa shape index (κ3) is 5.65. The molecule has 3 rings (SSSR count). The van der Waals surface area contributed by atoms with Crippen LogP contribution in [0.1, 0.15) is 39.0 Å². The van der Waals surface area contributed by atoms with Crippen molar-refractivity contribution in [3.8, 4) is 11.5 Å². The maximum absolute atomic E-state index is 12.4. The number of anilines is 1. The number of rotatable bonds is 6. The minimum Gasteiger partial charge on any atom is -0.494 e. The van der Waals surface area contributed by atoms with Crippen molar-refractivity contribution in [1.82, 2.24) is 15.1 Å². The second-order valence-corrected chi connectivity index (χ2v) is 7.92. The summed E-state index contributed by atoms with van der Waals surface area (Å²) in [6, 6.07) is 7.05. The molecule has 0 spiro atoms. The Hall–Kier alpha value is -3.23. The Balaban J connectivity index is 1.56. The highest BCUT2D eigenvalue weighted by molar-refractivity contribution is 5.91. The van der Waals surface area contributed by atoms with E-state index in [1.165, 1.54) is 0 Å². The fraction of sp³-hybridized carbons (Fsp3) is 0.476. The Morgan fingerprint density at radius 1 is 1.17 bits per heavy atom. The largest absolute Gasteiger partial charge is 0.494 e. The fourth-order valence-corrected chi connectivity index (χ4v) is 3.00. The SMILES string of the molecule is CCOc1ccc(OCC(=O)Nc2n[nH]c3c2CN(C(=O)OC(C)(C)C)CC3)cc1. The molecule has 9 heteroatoms. The van der Waals surface area contributed by atoms with E-state index in [-0.39, 0.29) is 18.6 Å². The van der Waals surface area contributed by atoms with Crippen molar-refractivity contribution in [3.63, 3.8) is 0 Å². The summed E-state index contributed by atoms with van der Waals surface area (Å²) in [5.74, 6) is 1.37. The number of amides is 2. The summed E-state index contributed by atoms with van der Waals surface area (Å²) in [5, 5.41) is 9.87. The van der Waals surface area contributed by atoms with Gasteiger partial charge in [0.25, 0.3) is 5.91 Å². The number of hydrogen-bond acceptors (Lipinski definition) is 6. The van der Waals surface area contributed by atoms with Crippen LogP contribution in [0.25, 0.3) is 0 Å². The molecule has 1 aliphatic heterocycles. The highest BCUT2D eigenvalue weighted by Gasteiger charge is 2.29. The number of nitrogens with one attached hydrogen (secondary N) is 2. The molecule has 2 heterocycles. The summed E-state index contributed by atoms with van der Waals surface area (Å²) in [6.07, 6.45) is 0.227. The molecular weight excluding hydrogens is 388 g/mol. The fourth-order valence-electron chi connectivity index (χ4n) is 3.00. The number of aromatic nitrogens is 2. The summed E-state index contributed by atoms with van der Waals surface area (Å²) < 4.78 is 16.3. The molecule has 0 radical (unpaired) electrons. The molecule has 0 saturated carbocycles. The van der Waals surface area contributed by atoms with Gasteiger partial charge in [0.05, 0.1) is 13.2 Å². The van der Waals surface area contributed by atoms with E-state index in [4.69, 9.17) is 14.2 Å². The molecule has 0 aliphatic carbocycles. The molecule has 1 aliphatic rings. The first kappa shape index (κ1) is 21.5. The Morgan fingerprint density at radius 3 is 2.47 bits per heavy atom. The standard InChI is InChI=1S/C21H28N4O5/c1-5-28-14-6-8-15(9-7-14)29-13-18(26)22-19-16-12-25(11-10-17(16)23-24-19)20(27)30-21(2,3)4/h6-9H,5,10-13H2,1-4H3,(H2,22,23,24,26). The number of H-pyrrole nitrogens is 1. The predicted molar refractivity (Wildman–Crippen MR) is 111 cm³/mol. The summed E-state index contributed by atoms with van der Waals surface area (Å²) >= 11 is 0. The molecule has 0 fully saturated rings. The van der Waals surface area contributed by atoms with Crippen molar-refractivity contribution in [1.29, 1.82) is 0 Å². The first-order valence-electron chi connectivity index (χ1n) is 9.94. The van der Waals surface area contributed by atoms with Crippen LogP contribution in [0.2, 0.25) is 0 Å². The monoisotopic (exact) mass is 416 g/mol. The quantitative estimate of drug-likeness (QED) is 0.750. The smallest absolute Gasteiger partial charge is 0.410 e. The first-order valence-corrected chi connectivity index (χ1v) is 9.94. The van der Waals surface area contributed by atoms with Gasteiger partial charge < -0.3 is 24.4 Å². The van der Waals surface area contributed by atoms with Gasteiger partial charge in [-0.05, 0) is 52.0 Å². The topological polar surface area (TPSA) is 106 Å². The van der Waals surface area contributed by atoms with E-state index in [9.17, 15) is 9.59 Å². The zero-order chi connectivity index (χ0) is 21.7. The van der Waals surface area contributed by atoms with Gasteiger partial charge in [-0.1, -0.05) is 0 Å². The highest BCUT2D eigenvalue weighted by Crippen LogP contribution is 2.25. The van der Waals surface area contributed by atoms with Gasteiger partial charge in [0.15, 0.2) is 12.4 Å². The van der Waals surface area contributed by atoms with E-state index in [2.05, 4.69) is 15.5 Å². The molecule has 1 aromatic heterocycles. The van der Waals surface area contributed by atoms with Crippen molar-refractivity contribution in [2.24, 2.45) is 0 Å². The second kappa shape index (κ2) is 9.06. The van der Waals surface area contributed by atoms with E-state index in [1.54, 1.807) is 29.2 Å². The van der Waals surface area contributed by atoms with Gasteiger partial charge in [0, 0.05) is 24.2 Å². The van der Waals surface area contributed by atoms with Gasteiger partial charge in [0.2, 0.25) is 0 Å². The number of carbonyl (C=O) groups excluding carboxylic acids is 2. The molecule has 0 bridgehead atoms. The lowest BCUT2D eigenvalue weighted by Crippen LogP contribution is -2.40. The highest BCUT2D eigenvalue weighted by atomic mass is 16.6. The number of aromatic amines is 1. The molecule has 2 aromatic rings. The van der Waals surface area contributed by atoms with Gasteiger partial charge in [-0.3, -0.25) is 9.89 Å². The molecule has 2 N–H and O–H groups in total. The van der Waals surface area contributed by atoms with Crippen LogP contribution in [0.15, 0.2) is 24.3 Å². The van der Waals surface area contributed by atoms with Crippen molar-refractivity contribution in [3.05, 3.63) is 35.5 Å². The Morgan fingerprint density at radius 2 is 1.83 bits per heavy atom. The van der Waals surface area contributed by atoms with Crippen LogP contribution in [-0.2, 0) is 22.5 Å². The Bertz CT molecular complexity index is 886. The first-order chi connectivity index (χ1) is 14.2. The molecule has 162 valence electrons. The van der Waals surface area contributed by atoms with Crippen molar-refractivity contribution in [2.45, 2.75) is 46.3 Å². The van der Waals surface area contributed by atoms with Crippen molar-refractivity contribution >= 4 is 17.8 Å². The van der Waals surface area contributed by atoms with E-state index >= 15 is 0 Å². The molecule has 2 amide bonds. The second-order valence-electron chi connectivity index (χ2n) is 7.92. The number of ether oxygens (including phenoxy) is 3. The van der Waals surface area contributed by atoms with Crippen LogP contribution in [0.3, 0.4) is 0 Å². The average molecular weight is 416 g/mol. The van der Waals surface area contributed by atoms with Crippen molar-refractivity contribution in [2.75, 3.05) is 25.1 Å². The number of nitrogens with zero attached hydrogens (tertiary/aromatic N) is 2. The van der Waals surface area contributed by atoms with Crippen LogP contribution >= 0.6 is 0 Å². The van der Waals surface area contributed by atoms with Crippen LogP contribution < -0.4 is 14.8 Å². The lowest BCUT2D eigenvalue weighted by atomic mass is 10.1. The molecule has 0 saturated heterocycles. The Labute approximate surface area is 175 Å². The van der Waals surface area contributed by atoms with Crippen LogP contribution in [0.4, 0.5) is 10.6 Å². The van der Waals surface area contributed by atoms with Crippen LogP contribution in [0.5, 0.6) is 11.5 Å². The zero-order valence-electron chi connectivity index (χ0n) is 17.8. The van der Waals surface area contributed by atoms with Crippen LogP contribution in [-0.4, -0.2) is 52.5 Å². The number of hydrogen-bond donors (Lipinski definition) is 2. The lowest BCUT2D eigenvalue weighted by molar-refractivity contribution is -0.118. The molecule has 0 unspecified atom stereocenters. The average Bonchev–Trinajstić information content (AvgIpc) is 3.08. The minimum absolute atomic E-state index is 0.161. The summed E-state index contributed by atoms with van der Waals surface area (Å²) in [6.45, 7) is 8.66. The Kier molecular flexibility index (Phi) is 6.49. The zero-order valence-corrected chi connectivity index (χ0v) is 17.8. The predicted octanol–water partition coefficient (Wildman–Crippen LogP) is 3.12. The van der Waals surface area contributed by atoms with E-state index in [1.807, 2.05) is 27.7 Å². The van der Waals surface area contributed by atoms with Crippen molar-refractivity contribution < 1.29 is 23.8 Å². The molecule has 0 atom stereocenters. The molecule has 30 heavy (non-hydrogen) atoms. The number of carbonyl (C=O) groups is 2. The number of fused-ring (bicyclic) bond motifs is 1. The van der Waals surface area contributed by atoms with E-state index < -0.39 is 5.60 Å². The maximum Gasteiger partial charge on any atom is 0.410 e. The maximum atomic E-state index is 12.4. The van der Waals surface area contributed by atoms with Gasteiger partial charge >= 0.3 is 6.09 Å². The van der Waals surface area contributed by atoms with Gasteiger partial charge in [0.1, 0.15) is 17.1 Å². The van der Waals surface area contributed by atoms with Gasteiger partial charge in [-0.25, -0.2) is 4.79 Å². The summed E-state index contributed by atoms with van der Waals surface area (Å²) in [5.41, 5.74) is 1.11. The van der Waals surface area contributed by atoms with Gasteiger partial charge in [-0.15, -0.1) is 0 Å². The normalized spacial score (nSPS) is 13.4. The summed E-state index contributed by atoms with van der Waals surface area (Å²) in [7, 11) is 0. The van der Waals surface area contributed by atoms with E-state index in [0.717, 1.165) is 17.0 Å². The third-order valence-electron chi connectivity index (χ3n) is 4.35. The molecular formula is C21H28N4O5. The minimum atomic E-state index is -0.566. The van der Waals surface area contributed by atoms with Crippen LogP contribution in [0, 0.1) is 0 Å².